The van der Waals surface area contributed by atoms with E-state index >= 15 is 0 Å². The second-order valence-corrected chi connectivity index (χ2v) is 9.67. The lowest BCUT2D eigenvalue weighted by Crippen LogP contribution is -2.46. The summed E-state index contributed by atoms with van der Waals surface area (Å²) in [6, 6.07) is 11.9. The third-order valence-corrected chi connectivity index (χ3v) is 7.26. The van der Waals surface area contributed by atoms with Gasteiger partial charge in [0.15, 0.2) is 0 Å². The lowest BCUT2D eigenvalue weighted by molar-refractivity contribution is -0.139. The summed E-state index contributed by atoms with van der Waals surface area (Å²) >= 11 is 6.07. The van der Waals surface area contributed by atoms with Gasteiger partial charge in [-0.15, -0.1) is 0 Å². The average molecular weight is 471 g/mol. The van der Waals surface area contributed by atoms with Crippen LogP contribution in [0.3, 0.4) is 0 Å². The van der Waals surface area contributed by atoms with Crippen molar-refractivity contribution < 1.29 is 9.53 Å². The van der Waals surface area contributed by atoms with Crippen LogP contribution < -0.4 is 5.73 Å². The molecule has 1 aromatic heterocycles. The van der Waals surface area contributed by atoms with Gasteiger partial charge in [-0.1, -0.05) is 23.7 Å². The van der Waals surface area contributed by atoms with E-state index in [1.807, 2.05) is 31.2 Å². The monoisotopic (exact) mass is 470 g/mol. The summed E-state index contributed by atoms with van der Waals surface area (Å²) in [5.41, 5.74) is 8.15. The van der Waals surface area contributed by atoms with E-state index in [2.05, 4.69) is 26.9 Å². The number of benzene rings is 1. The standard InChI is InChI=1S/C26H35ClN4O2/c1-2-33-25(20-3-5-23(27)6-4-20)21-10-15-31(16-11-21)26(32)22-8-13-30(14-9-22)18-19-7-12-29-24(28)17-19/h3-7,12,17,21-22,25H,2,8-11,13-16,18H2,1H3,(H2,28,29). The molecule has 178 valence electrons. The van der Waals surface area contributed by atoms with Crippen LogP contribution in [0.1, 0.15) is 49.8 Å². The highest BCUT2D eigenvalue weighted by molar-refractivity contribution is 6.30. The Hall–Kier alpha value is -2.15. The second kappa shape index (κ2) is 11.3. The number of likely N-dealkylation sites (tertiary alicyclic amines) is 2. The summed E-state index contributed by atoms with van der Waals surface area (Å²) in [4.78, 5) is 21.8. The number of hydrogen-bond donors (Lipinski definition) is 1. The number of carbonyl (C=O) groups excluding carboxylic acids is 1. The van der Waals surface area contributed by atoms with E-state index in [4.69, 9.17) is 22.1 Å². The van der Waals surface area contributed by atoms with Gasteiger partial charge in [0, 0.05) is 43.4 Å². The lowest BCUT2D eigenvalue weighted by Gasteiger charge is -2.39. The van der Waals surface area contributed by atoms with Crippen molar-refractivity contribution in [2.75, 3.05) is 38.5 Å². The highest BCUT2D eigenvalue weighted by atomic mass is 35.5. The molecule has 0 bridgehead atoms. The van der Waals surface area contributed by atoms with Crippen LogP contribution in [0.5, 0.6) is 0 Å². The van der Waals surface area contributed by atoms with Gasteiger partial charge in [0.1, 0.15) is 5.82 Å². The molecule has 6 nitrogen and oxygen atoms in total. The van der Waals surface area contributed by atoms with Gasteiger partial charge in [-0.05, 0) is 87.0 Å². The van der Waals surface area contributed by atoms with Gasteiger partial charge in [-0.25, -0.2) is 4.98 Å². The van der Waals surface area contributed by atoms with Crippen molar-refractivity contribution in [3.63, 3.8) is 0 Å². The van der Waals surface area contributed by atoms with E-state index in [9.17, 15) is 4.79 Å². The molecule has 2 fully saturated rings. The molecule has 2 aliphatic heterocycles. The molecule has 0 spiro atoms. The molecule has 1 atom stereocenters. The van der Waals surface area contributed by atoms with Gasteiger partial charge in [0.25, 0.3) is 0 Å². The maximum atomic E-state index is 13.2. The molecule has 3 heterocycles. The summed E-state index contributed by atoms with van der Waals surface area (Å²) in [6.07, 6.45) is 5.61. The first-order valence-corrected chi connectivity index (χ1v) is 12.5. The fourth-order valence-electron chi connectivity index (χ4n) is 5.21. The van der Waals surface area contributed by atoms with Gasteiger partial charge < -0.3 is 15.4 Å². The van der Waals surface area contributed by atoms with Crippen LogP contribution in [-0.4, -0.2) is 53.5 Å². The highest BCUT2D eigenvalue weighted by Crippen LogP contribution is 2.35. The third kappa shape index (κ3) is 6.25. The van der Waals surface area contributed by atoms with Crippen LogP contribution in [0.15, 0.2) is 42.6 Å². The molecule has 1 unspecified atom stereocenters. The van der Waals surface area contributed by atoms with Crippen LogP contribution >= 0.6 is 11.6 Å². The Bertz CT molecular complexity index is 907. The van der Waals surface area contributed by atoms with Crippen molar-refractivity contribution in [2.45, 2.75) is 45.3 Å². The molecule has 0 aliphatic carbocycles. The minimum absolute atomic E-state index is 0.0648. The Balaban J connectivity index is 1.26. The number of piperidine rings is 2. The third-order valence-electron chi connectivity index (χ3n) is 7.01. The number of aromatic nitrogens is 1. The predicted octanol–water partition coefficient (Wildman–Crippen LogP) is 4.55. The summed E-state index contributed by atoms with van der Waals surface area (Å²) in [5.74, 6) is 1.45. The van der Waals surface area contributed by atoms with E-state index in [0.717, 1.165) is 63.4 Å². The van der Waals surface area contributed by atoms with Gasteiger partial charge >= 0.3 is 0 Å². The van der Waals surface area contributed by atoms with Crippen molar-refractivity contribution in [1.82, 2.24) is 14.8 Å². The maximum absolute atomic E-state index is 13.2. The fraction of sp³-hybridized carbons (Fsp3) is 0.538. The largest absolute Gasteiger partial charge is 0.384 e. The summed E-state index contributed by atoms with van der Waals surface area (Å²) in [6.45, 7) is 7.10. The first kappa shape index (κ1) is 24.0. The second-order valence-electron chi connectivity index (χ2n) is 9.23. The SMILES string of the molecule is CCOC(c1ccc(Cl)cc1)C1CCN(C(=O)C2CCN(Cc3ccnc(N)c3)CC2)CC1. The molecular weight excluding hydrogens is 436 g/mol. The molecular formula is C26H35ClN4O2. The van der Waals surface area contributed by atoms with E-state index in [0.29, 0.717) is 24.2 Å². The number of nitrogens with two attached hydrogens (primary N) is 1. The fourth-order valence-corrected chi connectivity index (χ4v) is 5.33. The van der Waals surface area contributed by atoms with Crippen LogP contribution in [-0.2, 0) is 16.1 Å². The molecule has 7 heteroatoms. The van der Waals surface area contributed by atoms with E-state index in [-0.39, 0.29) is 12.0 Å². The summed E-state index contributed by atoms with van der Waals surface area (Å²) in [5, 5.41) is 0.741. The number of nitrogens with zero attached hydrogens (tertiary/aromatic N) is 3. The Morgan fingerprint density at radius 2 is 1.82 bits per heavy atom. The smallest absolute Gasteiger partial charge is 0.225 e. The van der Waals surface area contributed by atoms with Gasteiger partial charge in [-0.3, -0.25) is 9.69 Å². The minimum atomic E-state index is 0.0648. The van der Waals surface area contributed by atoms with Crippen LogP contribution in [0.25, 0.3) is 0 Å². The highest BCUT2D eigenvalue weighted by Gasteiger charge is 2.33. The van der Waals surface area contributed by atoms with Crippen molar-refractivity contribution in [2.24, 2.45) is 11.8 Å². The number of carbonyl (C=O) groups is 1. The maximum Gasteiger partial charge on any atom is 0.225 e. The molecule has 2 N–H and O–H groups in total. The zero-order valence-corrected chi connectivity index (χ0v) is 20.2. The number of nitrogen functional groups attached to an aromatic ring is 1. The van der Waals surface area contributed by atoms with E-state index in [1.54, 1.807) is 6.20 Å². The molecule has 2 aliphatic rings. The number of amides is 1. The minimum Gasteiger partial charge on any atom is -0.384 e. The number of rotatable bonds is 7. The Morgan fingerprint density at radius 3 is 2.45 bits per heavy atom. The zero-order chi connectivity index (χ0) is 23.2. The Labute approximate surface area is 202 Å². The number of ether oxygens (including phenoxy) is 1. The Morgan fingerprint density at radius 1 is 1.12 bits per heavy atom. The molecule has 4 rings (SSSR count). The number of anilines is 1. The number of halogens is 1. The molecule has 0 saturated carbocycles. The van der Waals surface area contributed by atoms with Crippen LogP contribution in [0, 0.1) is 11.8 Å². The first-order chi connectivity index (χ1) is 16.0. The lowest BCUT2D eigenvalue weighted by atomic mass is 9.86. The van der Waals surface area contributed by atoms with Crippen LogP contribution in [0.4, 0.5) is 5.82 Å². The van der Waals surface area contributed by atoms with Crippen molar-refractivity contribution in [1.29, 1.82) is 0 Å². The zero-order valence-electron chi connectivity index (χ0n) is 19.5. The summed E-state index contributed by atoms with van der Waals surface area (Å²) in [7, 11) is 0. The molecule has 1 aromatic carbocycles. The van der Waals surface area contributed by atoms with Crippen molar-refractivity contribution in [3.8, 4) is 0 Å². The van der Waals surface area contributed by atoms with Gasteiger partial charge in [0.2, 0.25) is 5.91 Å². The van der Waals surface area contributed by atoms with E-state index < -0.39 is 0 Å². The quantitative estimate of drug-likeness (QED) is 0.642. The molecule has 33 heavy (non-hydrogen) atoms. The summed E-state index contributed by atoms with van der Waals surface area (Å²) < 4.78 is 6.12. The molecule has 2 saturated heterocycles. The normalized spacial score (nSPS) is 19.5. The van der Waals surface area contributed by atoms with Gasteiger partial charge in [0.05, 0.1) is 6.10 Å². The topological polar surface area (TPSA) is 71.7 Å². The van der Waals surface area contributed by atoms with Crippen molar-refractivity contribution in [3.05, 3.63) is 58.7 Å². The van der Waals surface area contributed by atoms with E-state index in [1.165, 1.54) is 11.1 Å². The number of pyridine rings is 1. The molecule has 0 radical (unpaired) electrons. The predicted molar refractivity (Wildman–Crippen MR) is 132 cm³/mol. The molecule has 1 amide bonds. The first-order valence-electron chi connectivity index (χ1n) is 12.1. The Kier molecular flexibility index (Phi) is 8.23. The van der Waals surface area contributed by atoms with Gasteiger partial charge in [-0.2, -0.15) is 0 Å². The molecule has 2 aromatic rings. The average Bonchev–Trinajstić information content (AvgIpc) is 2.83. The van der Waals surface area contributed by atoms with Crippen LogP contribution in [0.2, 0.25) is 5.02 Å². The number of hydrogen-bond acceptors (Lipinski definition) is 5. The van der Waals surface area contributed by atoms with Crippen molar-refractivity contribution >= 4 is 23.3 Å².